The molecule has 1 heterocycles. The number of fused-ring (bicyclic) bond motifs is 1. The number of hydrogen-bond donors (Lipinski definition) is 1. The molecule has 0 aliphatic heterocycles. The van der Waals surface area contributed by atoms with Crippen LogP contribution < -0.4 is 4.74 Å². The lowest BCUT2D eigenvalue weighted by atomic mass is 9.75. The molecule has 20 heavy (non-hydrogen) atoms. The molecule has 1 aliphatic rings. The molecule has 1 aromatic carbocycles. The maximum Gasteiger partial charge on any atom is 0.146 e. The summed E-state index contributed by atoms with van der Waals surface area (Å²) < 4.78 is 6.10. The molecule has 1 aliphatic carbocycles. The van der Waals surface area contributed by atoms with Crippen LogP contribution in [0.1, 0.15) is 33.1 Å². The summed E-state index contributed by atoms with van der Waals surface area (Å²) in [6.45, 7) is 4.47. The number of aliphatic hydroxyl groups is 1. The highest BCUT2D eigenvalue weighted by Crippen LogP contribution is 2.37. The van der Waals surface area contributed by atoms with Crippen molar-refractivity contribution in [2.24, 2.45) is 5.41 Å². The summed E-state index contributed by atoms with van der Waals surface area (Å²) in [6.07, 6.45) is 3.96. The standard InChI is InChI=1S/C17H21NO2/c1-17(2)9-8-13(19)15(11-17)20-14-7-3-5-12-6-4-10-18-16(12)14/h3-7,10,13,15,19H,8-9,11H2,1-2H3. The Balaban J connectivity index is 1.89. The lowest BCUT2D eigenvalue weighted by Gasteiger charge is -2.38. The third-order valence-electron chi connectivity index (χ3n) is 4.17. The van der Waals surface area contributed by atoms with Crippen molar-refractivity contribution in [3.63, 3.8) is 0 Å². The van der Waals surface area contributed by atoms with Crippen LogP contribution in [-0.4, -0.2) is 22.3 Å². The van der Waals surface area contributed by atoms with Gasteiger partial charge in [0.25, 0.3) is 0 Å². The fraction of sp³-hybridized carbons (Fsp3) is 0.471. The third-order valence-corrected chi connectivity index (χ3v) is 4.17. The highest BCUT2D eigenvalue weighted by Gasteiger charge is 2.35. The Morgan fingerprint density at radius 1 is 1.25 bits per heavy atom. The Labute approximate surface area is 119 Å². The Morgan fingerprint density at radius 2 is 2.05 bits per heavy atom. The van der Waals surface area contributed by atoms with Crippen LogP contribution in [-0.2, 0) is 0 Å². The third kappa shape index (κ3) is 2.63. The van der Waals surface area contributed by atoms with Gasteiger partial charge in [0.05, 0.1) is 6.10 Å². The van der Waals surface area contributed by atoms with Gasteiger partial charge in [-0.3, -0.25) is 4.98 Å². The first-order valence-corrected chi connectivity index (χ1v) is 7.24. The summed E-state index contributed by atoms with van der Waals surface area (Å²) in [5.74, 6) is 0.768. The van der Waals surface area contributed by atoms with Gasteiger partial charge in [-0.2, -0.15) is 0 Å². The van der Waals surface area contributed by atoms with E-state index in [-0.39, 0.29) is 17.6 Å². The minimum absolute atomic E-state index is 0.147. The zero-order chi connectivity index (χ0) is 14.2. The topological polar surface area (TPSA) is 42.4 Å². The van der Waals surface area contributed by atoms with E-state index >= 15 is 0 Å². The number of rotatable bonds is 2. The summed E-state index contributed by atoms with van der Waals surface area (Å²) in [5, 5.41) is 11.3. The molecule has 3 rings (SSSR count). The van der Waals surface area contributed by atoms with Gasteiger partial charge in [-0.05, 0) is 36.8 Å². The predicted molar refractivity (Wildman–Crippen MR) is 79.8 cm³/mol. The quantitative estimate of drug-likeness (QED) is 0.908. The number of hydrogen-bond acceptors (Lipinski definition) is 3. The average molecular weight is 271 g/mol. The van der Waals surface area contributed by atoms with E-state index in [0.717, 1.165) is 35.9 Å². The molecule has 2 aromatic rings. The first kappa shape index (κ1) is 13.4. The number of aromatic nitrogens is 1. The summed E-state index contributed by atoms with van der Waals surface area (Å²) in [7, 11) is 0. The second-order valence-electron chi connectivity index (χ2n) is 6.46. The van der Waals surface area contributed by atoms with Crippen LogP contribution in [0.4, 0.5) is 0 Å². The van der Waals surface area contributed by atoms with E-state index in [1.807, 2.05) is 30.3 Å². The van der Waals surface area contributed by atoms with Gasteiger partial charge in [0.15, 0.2) is 0 Å². The summed E-state index contributed by atoms with van der Waals surface area (Å²) in [4.78, 5) is 4.40. The van der Waals surface area contributed by atoms with E-state index < -0.39 is 0 Å². The van der Waals surface area contributed by atoms with Crippen LogP contribution in [0.2, 0.25) is 0 Å². The average Bonchev–Trinajstić information content (AvgIpc) is 2.43. The SMILES string of the molecule is CC1(C)CCC(O)C(Oc2cccc3cccnc23)C1. The monoisotopic (exact) mass is 271 g/mol. The number of aliphatic hydroxyl groups excluding tert-OH is 1. The minimum atomic E-state index is -0.387. The molecule has 106 valence electrons. The van der Waals surface area contributed by atoms with Gasteiger partial charge in [-0.1, -0.05) is 32.0 Å². The van der Waals surface area contributed by atoms with Crippen molar-refractivity contribution in [2.45, 2.75) is 45.3 Å². The zero-order valence-corrected chi connectivity index (χ0v) is 12.0. The van der Waals surface area contributed by atoms with Crippen molar-refractivity contribution in [3.8, 4) is 5.75 Å². The van der Waals surface area contributed by atoms with E-state index in [4.69, 9.17) is 4.74 Å². The van der Waals surface area contributed by atoms with Gasteiger partial charge in [-0.25, -0.2) is 0 Å². The van der Waals surface area contributed by atoms with Gasteiger partial charge in [-0.15, -0.1) is 0 Å². The first-order chi connectivity index (χ1) is 9.55. The molecule has 1 saturated carbocycles. The molecule has 3 heteroatoms. The molecule has 0 amide bonds. The van der Waals surface area contributed by atoms with E-state index in [9.17, 15) is 5.11 Å². The maximum absolute atomic E-state index is 10.2. The first-order valence-electron chi connectivity index (χ1n) is 7.24. The molecule has 2 unspecified atom stereocenters. The number of ether oxygens (including phenoxy) is 1. The number of para-hydroxylation sites is 1. The van der Waals surface area contributed by atoms with Gasteiger partial charge in [0.2, 0.25) is 0 Å². The largest absolute Gasteiger partial charge is 0.485 e. The molecule has 0 bridgehead atoms. The molecule has 2 atom stereocenters. The normalized spacial score (nSPS) is 25.6. The molecule has 3 nitrogen and oxygen atoms in total. The summed E-state index contributed by atoms with van der Waals surface area (Å²) in [6, 6.07) is 9.88. The number of pyridine rings is 1. The van der Waals surface area contributed by atoms with Gasteiger partial charge >= 0.3 is 0 Å². The Morgan fingerprint density at radius 3 is 2.90 bits per heavy atom. The fourth-order valence-electron chi connectivity index (χ4n) is 2.96. The molecular weight excluding hydrogens is 250 g/mol. The van der Waals surface area contributed by atoms with Crippen molar-refractivity contribution in [2.75, 3.05) is 0 Å². The molecular formula is C17H21NO2. The van der Waals surface area contributed by atoms with E-state index in [0.29, 0.717) is 0 Å². The summed E-state index contributed by atoms with van der Waals surface area (Å²) in [5.41, 5.74) is 1.09. The maximum atomic E-state index is 10.2. The van der Waals surface area contributed by atoms with Crippen LogP contribution in [0.15, 0.2) is 36.5 Å². The van der Waals surface area contributed by atoms with Crippen molar-refractivity contribution >= 4 is 10.9 Å². The van der Waals surface area contributed by atoms with Crippen LogP contribution >= 0.6 is 0 Å². The molecule has 1 N–H and O–H groups in total. The van der Waals surface area contributed by atoms with E-state index in [1.165, 1.54) is 0 Å². The van der Waals surface area contributed by atoms with Crippen molar-refractivity contribution in [1.82, 2.24) is 4.98 Å². The molecule has 1 fully saturated rings. The highest BCUT2D eigenvalue weighted by molar-refractivity contribution is 5.84. The Hall–Kier alpha value is -1.61. The van der Waals surface area contributed by atoms with Gasteiger partial charge in [0, 0.05) is 11.6 Å². The predicted octanol–water partition coefficient (Wildman–Crippen LogP) is 3.55. The lowest BCUT2D eigenvalue weighted by molar-refractivity contribution is -0.0298. The smallest absolute Gasteiger partial charge is 0.146 e. The van der Waals surface area contributed by atoms with Crippen LogP contribution in [0.5, 0.6) is 5.75 Å². The van der Waals surface area contributed by atoms with Crippen LogP contribution in [0.25, 0.3) is 10.9 Å². The van der Waals surface area contributed by atoms with Gasteiger partial charge < -0.3 is 9.84 Å². The Kier molecular flexibility index (Phi) is 3.38. The zero-order valence-electron chi connectivity index (χ0n) is 12.0. The Bertz CT molecular complexity index is 603. The molecule has 1 aromatic heterocycles. The van der Waals surface area contributed by atoms with Crippen molar-refractivity contribution in [1.29, 1.82) is 0 Å². The molecule has 0 saturated heterocycles. The van der Waals surface area contributed by atoms with Crippen molar-refractivity contribution < 1.29 is 9.84 Å². The van der Waals surface area contributed by atoms with Crippen LogP contribution in [0, 0.1) is 5.41 Å². The van der Waals surface area contributed by atoms with E-state index in [2.05, 4.69) is 18.8 Å². The number of nitrogens with zero attached hydrogens (tertiary/aromatic N) is 1. The highest BCUT2D eigenvalue weighted by atomic mass is 16.5. The van der Waals surface area contributed by atoms with Crippen molar-refractivity contribution in [3.05, 3.63) is 36.5 Å². The fourth-order valence-corrected chi connectivity index (χ4v) is 2.96. The van der Waals surface area contributed by atoms with Gasteiger partial charge in [0.1, 0.15) is 17.4 Å². The number of benzene rings is 1. The lowest BCUT2D eigenvalue weighted by Crippen LogP contribution is -2.41. The van der Waals surface area contributed by atoms with E-state index in [1.54, 1.807) is 6.20 Å². The second-order valence-corrected chi connectivity index (χ2v) is 6.46. The van der Waals surface area contributed by atoms with Crippen LogP contribution in [0.3, 0.4) is 0 Å². The summed E-state index contributed by atoms with van der Waals surface area (Å²) >= 11 is 0. The molecule has 0 spiro atoms. The molecule has 0 radical (unpaired) electrons. The minimum Gasteiger partial charge on any atom is -0.485 e. The second kappa shape index (κ2) is 5.06.